The summed E-state index contributed by atoms with van der Waals surface area (Å²) in [5.41, 5.74) is 0.850. The zero-order chi connectivity index (χ0) is 18.4. The third-order valence-electron chi connectivity index (χ3n) is 5.34. The van der Waals surface area contributed by atoms with Crippen molar-refractivity contribution < 1.29 is 14.7 Å². The summed E-state index contributed by atoms with van der Waals surface area (Å²) in [6, 6.07) is 8.91. The van der Waals surface area contributed by atoms with E-state index in [0.717, 1.165) is 18.4 Å². The quantitative estimate of drug-likeness (QED) is 0.733. The van der Waals surface area contributed by atoms with Crippen LogP contribution in [0.1, 0.15) is 51.6 Å². The Morgan fingerprint density at radius 3 is 2.48 bits per heavy atom. The monoisotopic (exact) mass is 346 g/mol. The van der Waals surface area contributed by atoms with Gasteiger partial charge in [-0.25, -0.2) is 4.79 Å². The fourth-order valence-corrected chi connectivity index (χ4v) is 3.92. The van der Waals surface area contributed by atoms with E-state index in [-0.39, 0.29) is 18.4 Å². The van der Waals surface area contributed by atoms with Crippen molar-refractivity contribution in [2.75, 3.05) is 6.54 Å². The van der Waals surface area contributed by atoms with Gasteiger partial charge in [0.1, 0.15) is 0 Å². The molecule has 0 radical (unpaired) electrons. The van der Waals surface area contributed by atoms with E-state index >= 15 is 0 Å². The Morgan fingerprint density at radius 2 is 1.88 bits per heavy atom. The van der Waals surface area contributed by atoms with Crippen LogP contribution in [0.25, 0.3) is 0 Å². The molecule has 0 heterocycles. The maximum Gasteiger partial charge on any atom is 0.405 e. The number of carbonyl (C=O) groups excluding carboxylic acids is 1. The third kappa shape index (κ3) is 5.48. The highest BCUT2D eigenvalue weighted by atomic mass is 16.4. The lowest BCUT2D eigenvalue weighted by molar-refractivity contribution is -0.129. The Hall–Kier alpha value is -2.04. The molecule has 138 valence electrons. The molecule has 3 N–H and O–H groups in total. The fourth-order valence-electron chi connectivity index (χ4n) is 3.92. The summed E-state index contributed by atoms with van der Waals surface area (Å²) in [6.07, 6.45) is 2.10. The van der Waals surface area contributed by atoms with Crippen molar-refractivity contribution in [3.63, 3.8) is 0 Å². The minimum atomic E-state index is -1.09. The molecule has 1 aromatic carbocycles. The van der Waals surface area contributed by atoms with Crippen LogP contribution in [-0.4, -0.2) is 23.7 Å². The second-order valence-electron chi connectivity index (χ2n) is 7.59. The molecule has 2 rings (SSSR count). The molecule has 5 heteroatoms. The molecule has 4 atom stereocenters. The van der Waals surface area contributed by atoms with Gasteiger partial charge in [-0.3, -0.25) is 4.79 Å². The first-order chi connectivity index (χ1) is 11.9. The Bertz CT molecular complexity index is 574. The number of hydrogen-bond donors (Lipinski definition) is 3. The molecule has 5 nitrogen and oxygen atoms in total. The Morgan fingerprint density at radius 1 is 1.20 bits per heavy atom. The topological polar surface area (TPSA) is 78.4 Å². The van der Waals surface area contributed by atoms with Crippen LogP contribution < -0.4 is 10.6 Å². The van der Waals surface area contributed by atoms with E-state index in [9.17, 15) is 9.59 Å². The number of amides is 2. The van der Waals surface area contributed by atoms with Gasteiger partial charge in [0.2, 0.25) is 5.91 Å². The lowest BCUT2D eigenvalue weighted by Crippen LogP contribution is -2.43. The summed E-state index contributed by atoms with van der Waals surface area (Å²) in [4.78, 5) is 23.9. The van der Waals surface area contributed by atoms with Crippen molar-refractivity contribution in [2.45, 2.75) is 46.1 Å². The minimum absolute atomic E-state index is 0.0185. The first kappa shape index (κ1) is 19.3. The van der Waals surface area contributed by atoms with E-state index in [2.05, 4.69) is 31.4 Å². The van der Waals surface area contributed by atoms with E-state index in [1.807, 2.05) is 30.3 Å². The molecular formula is C20H30N2O3. The maximum atomic E-state index is 12.8. The van der Waals surface area contributed by atoms with E-state index in [0.29, 0.717) is 17.8 Å². The number of rotatable bonds is 6. The molecule has 0 saturated heterocycles. The van der Waals surface area contributed by atoms with Crippen LogP contribution in [0, 0.1) is 23.7 Å². The van der Waals surface area contributed by atoms with Crippen molar-refractivity contribution >= 4 is 12.0 Å². The fraction of sp³-hybridized carbons (Fsp3) is 0.600. The molecule has 1 aliphatic rings. The Balaban J connectivity index is 2.03. The van der Waals surface area contributed by atoms with Gasteiger partial charge in [0, 0.05) is 12.5 Å². The van der Waals surface area contributed by atoms with Gasteiger partial charge in [-0.05, 0) is 36.2 Å². The van der Waals surface area contributed by atoms with Crippen LogP contribution in [-0.2, 0) is 4.79 Å². The predicted molar refractivity (Wildman–Crippen MR) is 98.2 cm³/mol. The van der Waals surface area contributed by atoms with Crippen LogP contribution in [0.4, 0.5) is 4.79 Å². The van der Waals surface area contributed by atoms with Crippen molar-refractivity contribution in [1.29, 1.82) is 0 Å². The number of benzene rings is 1. The summed E-state index contributed by atoms with van der Waals surface area (Å²) < 4.78 is 0. The van der Waals surface area contributed by atoms with Crippen molar-refractivity contribution in [1.82, 2.24) is 10.6 Å². The highest BCUT2D eigenvalue weighted by molar-refractivity contribution is 5.79. The Kier molecular flexibility index (Phi) is 6.85. The van der Waals surface area contributed by atoms with Gasteiger partial charge < -0.3 is 15.7 Å². The van der Waals surface area contributed by atoms with E-state index in [4.69, 9.17) is 5.11 Å². The molecule has 25 heavy (non-hydrogen) atoms. The average molecular weight is 346 g/mol. The average Bonchev–Trinajstić information content (AvgIpc) is 2.58. The molecule has 0 unspecified atom stereocenters. The normalized spacial score (nSPS) is 24.6. The zero-order valence-electron chi connectivity index (χ0n) is 15.4. The number of carboxylic acid groups (broad SMARTS) is 1. The molecule has 0 spiro atoms. The molecule has 0 aromatic heterocycles. The smallest absolute Gasteiger partial charge is 0.405 e. The van der Waals surface area contributed by atoms with Crippen LogP contribution >= 0.6 is 0 Å². The molecule has 1 fully saturated rings. The van der Waals surface area contributed by atoms with Gasteiger partial charge in [-0.1, -0.05) is 57.5 Å². The molecule has 0 bridgehead atoms. The molecule has 0 aliphatic heterocycles. The number of hydrogen-bond acceptors (Lipinski definition) is 2. The van der Waals surface area contributed by atoms with Gasteiger partial charge in [0.15, 0.2) is 0 Å². The van der Waals surface area contributed by atoms with Gasteiger partial charge >= 0.3 is 6.09 Å². The van der Waals surface area contributed by atoms with E-state index in [1.54, 1.807) is 0 Å². The van der Waals surface area contributed by atoms with Gasteiger partial charge in [0.25, 0.3) is 0 Å². The molecule has 1 aliphatic carbocycles. The zero-order valence-corrected chi connectivity index (χ0v) is 15.4. The molecule has 2 amide bonds. The molecule has 1 aromatic rings. The van der Waals surface area contributed by atoms with Crippen molar-refractivity contribution in [2.24, 2.45) is 23.7 Å². The molecular weight excluding hydrogens is 316 g/mol. The van der Waals surface area contributed by atoms with Crippen LogP contribution in [0.15, 0.2) is 30.3 Å². The largest absolute Gasteiger partial charge is 0.465 e. The molecule has 1 saturated carbocycles. The highest BCUT2D eigenvalue weighted by Gasteiger charge is 2.35. The van der Waals surface area contributed by atoms with Gasteiger partial charge in [-0.15, -0.1) is 0 Å². The summed E-state index contributed by atoms with van der Waals surface area (Å²) in [6.45, 7) is 6.83. The predicted octanol–water partition coefficient (Wildman–Crippen LogP) is 3.82. The van der Waals surface area contributed by atoms with Crippen molar-refractivity contribution in [3.05, 3.63) is 35.9 Å². The third-order valence-corrected chi connectivity index (χ3v) is 5.34. The lowest BCUT2D eigenvalue weighted by Gasteiger charge is -2.36. The number of carbonyl (C=O) groups is 2. The van der Waals surface area contributed by atoms with Crippen LogP contribution in [0.3, 0.4) is 0 Å². The van der Waals surface area contributed by atoms with Crippen LogP contribution in [0.5, 0.6) is 0 Å². The van der Waals surface area contributed by atoms with Gasteiger partial charge in [-0.2, -0.15) is 0 Å². The maximum absolute atomic E-state index is 12.8. The lowest BCUT2D eigenvalue weighted by atomic mass is 9.70. The standard InChI is InChI=1S/C20H30N2O3/c1-13(2)16-10-9-14(3)11-17(16)19(23)21-12-18(22-20(24)25)15-7-5-4-6-8-15/h4-8,13-14,16-18,22H,9-12H2,1-3H3,(H,21,23)(H,24,25)/t14-,16+,17-,18+/m1/s1. The SMILES string of the molecule is CC(C)[C@@H]1CC[C@@H](C)C[C@H]1C(=O)NC[C@H](NC(=O)O)c1ccccc1. The first-order valence-corrected chi connectivity index (χ1v) is 9.20. The second-order valence-corrected chi connectivity index (χ2v) is 7.59. The van der Waals surface area contributed by atoms with Crippen LogP contribution in [0.2, 0.25) is 0 Å². The first-order valence-electron chi connectivity index (χ1n) is 9.20. The summed E-state index contributed by atoms with van der Waals surface area (Å²) >= 11 is 0. The van der Waals surface area contributed by atoms with Crippen molar-refractivity contribution in [3.8, 4) is 0 Å². The minimum Gasteiger partial charge on any atom is -0.465 e. The highest BCUT2D eigenvalue weighted by Crippen LogP contribution is 2.38. The summed E-state index contributed by atoms with van der Waals surface area (Å²) in [5, 5.41) is 14.6. The van der Waals surface area contributed by atoms with E-state index < -0.39 is 12.1 Å². The second kappa shape index (κ2) is 8.88. The summed E-state index contributed by atoms with van der Waals surface area (Å²) in [7, 11) is 0. The summed E-state index contributed by atoms with van der Waals surface area (Å²) in [5.74, 6) is 1.51. The Labute approximate surface area is 150 Å². The van der Waals surface area contributed by atoms with Gasteiger partial charge in [0.05, 0.1) is 6.04 Å². The van der Waals surface area contributed by atoms with E-state index in [1.165, 1.54) is 6.42 Å². The number of nitrogens with one attached hydrogen (secondary N) is 2.